The van der Waals surface area contributed by atoms with Crippen LogP contribution in [0.1, 0.15) is 280 Å². The molecular formula is C60H113N7O2S2. The van der Waals surface area contributed by atoms with Gasteiger partial charge in [0.1, 0.15) is 22.7 Å². The number of rotatable bonds is 0. The van der Waals surface area contributed by atoms with Gasteiger partial charge in [0.2, 0.25) is 0 Å². The maximum atomic E-state index is 5.83. The van der Waals surface area contributed by atoms with Crippen molar-refractivity contribution in [1.82, 2.24) is 28.5 Å². The number of oxazole rings is 1. The van der Waals surface area contributed by atoms with Gasteiger partial charge in [-0.15, -0.1) is 0 Å². The first-order chi connectivity index (χ1) is 31.1. The van der Waals surface area contributed by atoms with Gasteiger partial charge in [0.15, 0.2) is 5.89 Å². The van der Waals surface area contributed by atoms with Gasteiger partial charge in [0, 0.05) is 71.9 Å². The maximum Gasteiger partial charge on any atom is 0.200 e. The van der Waals surface area contributed by atoms with Crippen LogP contribution in [0.15, 0.2) is 9.57 Å². The molecule has 4 atom stereocenters. The van der Waals surface area contributed by atoms with Crippen LogP contribution in [0.4, 0.5) is 0 Å². The number of oxime groups is 1. The Morgan fingerprint density at radius 1 is 0.479 bits per heavy atom. The van der Waals surface area contributed by atoms with Crippen molar-refractivity contribution in [3.63, 3.8) is 0 Å². The Balaban J connectivity index is 0.000000444. The van der Waals surface area contributed by atoms with Crippen LogP contribution < -0.4 is 0 Å². The lowest BCUT2D eigenvalue weighted by molar-refractivity contribution is -0.0112. The van der Waals surface area contributed by atoms with Gasteiger partial charge >= 0.3 is 0 Å². The summed E-state index contributed by atoms with van der Waals surface area (Å²) in [6, 6.07) is 1.24. The zero-order chi connectivity index (χ0) is 56.6. The highest BCUT2D eigenvalue weighted by molar-refractivity contribution is 7.06. The Kier molecular flexibility index (Phi) is 21.6. The quantitative estimate of drug-likeness (QED) is 0.220. The lowest BCUT2D eigenvalue weighted by atomic mass is 9.74. The van der Waals surface area contributed by atoms with Crippen LogP contribution in [0, 0.1) is 30.6 Å². The first-order valence-corrected chi connectivity index (χ1v) is 28.2. The summed E-state index contributed by atoms with van der Waals surface area (Å²) in [5.74, 6) is 3.22. The molecule has 0 saturated carbocycles. The zero-order valence-corrected chi connectivity index (χ0v) is 54.8. The summed E-state index contributed by atoms with van der Waals surface area (Å²) in [6.07, 6.45) is 0.738. The molecule has 0 bridgehead atoms. The number of hydrogen-bond donors (Lipinski definition) is 0. The van der Waals surface area contributed by atoms with Gasteiger partial charge in [-0.3, -0.25) is 9.80 Å². The van der Waals surface area contributed by atoms with E-state index in [0.29, 0.717) is 24.2 Å². The highest BCUT2D eigenvalue weighted by atomic mass is 32.1. The second-order valence-electron chi connectivity index (χ2n) is 31.0. The molecule has 0 radical (unpaired) electrons. The van der Waals surface area contributed by atoms with Crippen molar-refractivity contribution in [2.24, 2.45) is 21.9 Å². The van der Waals surface area contributed by atoms with Gasteiger partial charge in [-0.25, -0.2) is 9.97 Å². The van der Waals surface area contributed by atoms with Crippen molar-refractivity contribution in [3.05, 3.63) is 44.3 Å². The van der Waals surface area contributed by atoms with Gasteiger partial charge in [-0.05, 0) is 110 Å². The summed E-state index contributed by atoms with van der Waals surface area (Å²) in [6.45, 7) is 79.7. The fourth-order valence-electron chi connectivity index (χ4n) is 9.76. The summed E-state index contributed by atoms with van der Waals surface area (Å²) in [5.41, 5.74) is 6.25. The number of aryl methyl sites for hydroxylation is 1. The summed E-state index contributed by atoms with van der Waals surface area (Å²) < 4.78 is 14.8. The molecule has 11 heteroatoms. The van der Waals surface area contributed by atoms with E-state index in [0.717, 1.165) is 28.2 Å². The predicted molar refractivity (Wildman–Crippen MR) is 312 cm³/mol. The minimum atomic E-state index is -0.00569. The third-order valence-electron chi connectivity index (χ3n) is 12.9. The van der Waals surface area contributed by atoms with E-state index in [1.54, 1.807) is 11.5 Å². The molecule has 1 saturated heterocycles. The molecular weight excluding hydrogens is 915 g/mol. The molecule has 0 amide bonds. The molecule has 5 rings (SSSR count). The van der Waals surface area contributed by atoms with Crippen LogP contribution in [-0.4, -0.2) is 69.7 Å². The molecule has 0 spiro atoms. The molecule has 5 heterocycles. The molecule has 3 aromatic rings. The minimum Gasteiger partial charge on any atom is -0.444 e. The van der Waals surface area contributed by atoms with Crippen molar-refractivity contribution in [2.75, 3.05) is 0 Å². The average Bonchev–Trinajstić information content (AvgIpc) is 3.93. The molecule has 0 aromatic carbocycles. The summed E-state index contributed by atoms with van der Waals surface area (Å²) in [4.78, 5) is 21.3. The number of hydrogen-bond acceptors (Lipinski definition) is 11. The average molecular weight is 1030 g/mol. The van der Waals surface area contributed by atoms with Gasteiger partial charge in [0.05, 0.1) is 23.3 Å². The smallest absolute Gasteiger partial charge is 0.200 e. The molecule has 0 aliphatic carbocycles. The lowest BCUT2D eigenvalue weighted by Gasteiger charge is -2.42. The molecule has 412 valence electrons. The van der Waals surface area contributed by atoms with Crippen LogP contribution in [0.2, 0.25) is 0 Å². The van der Waals surface area contributed by atoms with E-state index in [-0.39, 0.29) is 60.5 Å². The molecule has 0 N–H and O–H groups in total. The van der Waals surface area contributed by atoms with E-state index in [2.05, 4.69) is 276 Å². The van der Waals surface area contributed by atoms with Gasteiger partial charge < -0.3 is 9.25 Å². The second kappa shape index (κ2) is 22.9. The van der Waals surface area contributed by atoms with E-state index < -0.39 is 0 Å². The number of aromatic nitrogens is 4. The number of nitrogens with zero attached hydrogens (tertiary/aromatic N) is 7. The molecule has 2 aliphatic heterocycles. The Morgan fingerprint density at radius 3 is 1.13 bits per heavy atom. The Bertz CT molecular complexity index is 2040. The Morgan fingerprint density at radius 2 is 0.930 bits per heavy atom. The lowest BCUT2D eigenvalue weighted by Crippen LogP contribution is -2.52. The fourth-order valence-corrected chi connectivity index (χ4v) is 11.8. The predicted octanol–water partition coefficient (Wildman–Crippen LogP) is 17.6. The van der Waals surface area contributed by atoms with E-state index >= 15 is 0 Å². The van der Waals surface area contributed by atoms with Crippen molar-refractivity contribution < 1.29 is 9.25 Å². The summed E-state index contributed by atoms with van der Waals surface area (Å²) in [7, 11) is 0. The van der Waals surface area contributed by atoms with Crippen LogP contribution >= 0.6 is 23.1 Å². The zero-order valence-electron chi connectivity index (χ0n) is 53.2. The standard InChI is InChI=1S/C14H30N2.C12H21NO.C12H23NO.C12H21NS.C10H18N2S/c1-10-11(2)16(14(7,8)9)12(3)15(10)13(4,5)6;1-8-9(11(2,3)4)14-10(13-8)12(5,6)7;2*1-8-9(11(2,3)4)13-14-10(8)12(5,6)7;1-9(2,3)7-11-8(13-12-7)10(4,5)6/h10-12H,1-9H3;1-7H3;8,10H,1-7H3;1-7H3;1-6H3. The topological polar surface area (TPSA) is 92.8 Å². The highest BCUT2D eigenvalue weighted by Crippen LogP contribution is 2.40. The van der Waals surface area contributed by atoms with Gasteiger partial charge in [0.25, 0.3) is 0 Å². The van der Waals surface area contributed by atoms with Crippen LogP contribution in [0.5, 0.6) is 0 Å². The van der Waals surface area contributed by atoms with Crippen LogP contribution in [0.25, 0.3) is 0 Å². The molecule has 9 nitrogen and oxygen atoms in total. The van der Waals surface area contributed by atoms with Crippen LogP contribution in [-0.2, 0) is 37.3 Å². The van der Waals surface area contributed by atoms with Crippen molar-refractivity contribution in [3.8, 4) is 0 Å². The monoisotopic (exact) mass is 1030 g/mol. The first kappa shape index (κ1) is 66.8. The molecule has 4 unspecified atom stereocenters. The fraction of sp³-hybridized carbons (Fsp3) is 0.850. The molecule has 71 heavy (non-hydrogen) atoms. The summed E-state index contributed by atoms with van der Waals surface area (Å²) >= 11 is 3.18. The minimum absolute atomic E-state index is 0.00569. The Hall–Kier alpha value is -2.21. The normalized spacial score (nSPS) is 21.2. The van der Waals surface area contributed by atoms with Crippen molar-refractivity contribution in [1.29, 1.82) is 0 Å². The molecule has 3 aromatic heterocycles. The molecule has 2 aliphatic rings. The van der Waals surface area contributed by atoms with E-state index in [4.69, 9.17) is 9.25 Å². The highest BCUT2D eigenvalue weighted by Gasteiger charge is 2.48. The van der Waals surface area contributed by atoms with E-state index in [1.807, 2.05) is 6.92 Å². The molecule has 1 fully saturated rings. The SMILES string of the molecule is CC(C)(C)c1nsc(C(C)(C)C)n1.CC1C(C(C)(C)C)=NOC1C(C)(C)C.CC1C(C)N(C(C)(C)C)C(C)N1C(C)(C)C.Cc1c(C(C)(C)C)nsc1C(C)(C)C.Cc1nc(C(C)(C)C)oc1C(C)(C)C. The van der Waals surface area contributed by atoms with Crippen molar-refractivity contribution in [2.45, 2.75) is 317 Å². The third kappa shape index (κ3) is 18.8. The largest absolute Gasteiger partial charge is 0.444 e. The van der Waals surface area contributed by atoms with Crippen LogP contribution in [0.3, 0.4) is 0 Å². The second-order valence-corrected chi connectivity index (χ2v) is 32.5. The maximum absolute atomic E-state index is 5.83. The van der Waals surface area contributed by atoms with E-state index in [1.165, 1.54) is 33.4 Å². The Labute approximate surface area is 447 Å². The van der Waals surface area contributed by atoms with Gasteiger partial charge in [-0.1, -0.05) is 178 Å². The summed E-state index contributed by atoms with van der Waals surface area (Å²) in [5, 5.41) is 5.38. The third-order valence-corrected chi connectivity index (χ3v) is 15.4. The first-order valence-electron chi connectivity index (χ1n) is 26.7. The van der Waals surface area contributed by atoms with Gasteiger partial charge in [-0.2, -0.15) is 8.75 Å². The van der Waals surface area contributed by atoms with E-state index in [9.17, 15) is 0 Å². The van der Waals surface area contributed by atoms with Crippen molar-refractivity contribution >= 4 is 28.8 Å².